The van der Waals surface area contributed by atoms with Crippen LogP contribution in [-0.2, 0) is 24.0 Å². The number of rotatable bonds is 9. The summed E-state index contributed by atoms with van der Waals surface area (Å²) in [7, 11) is 1.82. The van der Waals surface area contributed by atoms with Gasteiger partial charge >= 0.3 is 0 Å². The number of nitrogens with zero attached hydrogens (tertiary/aromatic N) is 3. The molecule has 0 saturated heterocycles. The molecule has 0 spiro atoms. The zero-order valence-electron chi connectivity index (χ0n) is 16.2. The Morgan fingerprint density at radius 2 is 2.04 bits per heavy atom. The molecule has 0 aliphatic rings. The van der Waals surface area contributed by atoms with Crippen LogP contribution in [0.4, 0.5) is 0 Å². The van der Waals surface area contributed by atoms with Crippen LogP contribution in [0.15, 0.2) is 47.7 Å². The fraction of sp³-hybridized carbons (Fsp3) is 0.474. The van der Waals surface area contributed by atoms with Gasteiger partial charge in [0.25, 0.3) is 0 Å². The first-order valence-corrected chi connectivity index (χ1v) is 8.86. The van der Waals surface area contributed by atoms with Gasteiger partial charge in [-0.3, -0.25) is 4.68 Å². The van der Waals surface area contributed by atoms with Crippen molar-refractivity contribution in [2.45, 2.75) is 26.1 Å². The van der Waals surface area contributed by atoms with Crippen LogP contribution in [0.1, 0.15) is 25.0 Å². The standard InChI is InChI=1S/C19H29N5O2.HI/c1-4-20-18(21-10-11-26-14-16-8-6-5-7-9-16)22-15-19(2,25)17-12-23-24(3)13-17;/h5-9,12-13,25H,4,10-11,14-15H2,1-3H3,(H2,20,21,22);1H. The first kappa shape index (κ1) is 23.4. The molecule has 1 heterocycles. The Kier molecular flexibility index (Phi) is 10.3. The van der Waals surface area contributed by atoms with Gasteiger partial charge in [0.15, 0.2) is 5.96 Å². The van der Waals surface area contributed by atoms with E-state index in [2.05, 4.69) is 20.7 Å². The molecule has 2 rings (SSSR count). The van der Waals surface area contributed by atoms with Gasteiger partial charge in [0.05, 0.1) is 26.0 Å². The maximum absolute atomic E-state index is 10.6. The number of aliphatic imine (C=N–C) groups is 1. The minimum Gasteiger partial charge on any atom is -0.383 e. The van der Waals surface area contributed by atoms with E-state index < -0.39 is 5.60 Å². The summed E-state index contributed by atoms with van der Waals surface area (Å²) in [6, 6.07) is 10.1. The fourth-order valence-corrected chi connectivity index (χ4v) is 2.37. The summed E-state index contributed by atoms with van der Waals surface area (Å²) in [5, 5.41) is 21.1. The maximum atomic E-state index is 10.6. The second-order valence-corrected chi connectivity index (χ2v) is 6.34. The van der Waals surface area contributed by atoms with Crippen molar-refractivity contribution >= 4 is 29.9 Å². The van der Waals surface area contributed by atoms with E-state index >= 15 is 0 Å². The molecule has 0 radical (unpaired) electrons. The quantitative estimate of drug-likeness (QED) is 0.218. The van der Waals surface area contributed by atoms with Crippen LogP contribution < -0.4 is 10.6 Å². The SMILES string of the molecule is CCNC(=NCC(C)(O)c1cnn(C)c1)NCCOCc1ccccc1.I. The van der Waals surface area contributed by atoms with Crippen LogP contribution in [0.5, 0.6) is 0 Å². The third-order valence-corrected chi connectivity index (χ3v) is 3.87. The molecule has 8 heteroatoms. The predicted molar refractivity (Wildman–Crippen MR) is 118 cm³/mol. The number of hydrogen-bond donors (Lipinski definition) is 3. The Labute approximate surface area is 178 Å². The van der Waals surface area contributed by atoms with Crippen molar-refractivity contribution in [3.63, 3.8) is 0 Å². The molecule has 7 nitrogen and oxygen atoms in total. The van der Waals surface area contributed by atoms with E-state index in [-0.39, 0.29) is 30.5 Å². The Morgan fingerprint density at radius 3 is 2.67 bits per heavy atom. The van der Waals surface area contributed by atoms with Gasteiger partial charge in [-0.1, -0.05) is 30.3 Å². The predicted octanol–water partition coefficient (Wildman–Crippen LogP) is 2.02. The Bertz CT molecular complexity index is 688. The highest BCUT2D eigenvalue weighted by atomic mass is 127. The largest absolute Gasteiger partial charge is 0.383 e. The third-order valence-electron chi connectivity index (χ3n) is 3.87. The first-order valence-electron chi connectivity index (χ1n) is 8.86. The van der Waals surface area contributed by atoms with Crippen LogP contribution in [0.2, 0.25) is 0 Å². The topological polar surface area (TPSA) is 83.7 Å². The Hall–Kier alpha value is -1.65. The monoisotopic (exact) mass is 487 g/mol. The molecule has 150 valence electrons. The van der Waals surface area contributed by atoms with Gasteiger partial charge in [-0.15, -0.1) is 24.0 Å². The molecular weight excluding hydrogens is 457 g/mol. The van der Waals surface area contributed by atoms with Crippen LogP contribution in [0.3, 0.4) is 0 Å². The zero-order valence-corrected chi connectivity index (χ0v) is 18.5. The van der Waals surface area contributed by atoms with Crippen LogP contribution in [0, 0.1) is 0 Å². The first-order chi connectivity index (χ1) is 12.5. The Balaban J connectivity index is 0.00000364. The second kappa shape index (κ2) is 11.9. The molecule has 2 aromatic rings. The van der Waals surface area contributed by atoms with Crippen molar-refractivity contribution < 1.29 is 9.84 Å². The van der Waals surface area contributed by atoms with Gasteiger partial charge in [0, 0.05) is 31.9 Å². The molecule has 1 atom stereocenters. The molecule has 0 saturated carbocycles. The number of nitrogens with one attached hydrogen (secondary N) is 2. The average molecular weight is 487 g/mol. The summed E-state index contributed by atoms with van der Waals surface area (Å²) in [4.78, 5) is 4.48. The van der Waals surface area contributed by atoms with Gasteiger partial charge in [-0.05, 0) is 19.4 Å². The van der Waals surface area contributed by atoms with Crippen molar-refractivity contribution in [2.24, 2.45) is 12.0 Å². The molecule has 1 unspecified atom stereocenters. The van der Waals surface area contributed by atoms with Crippen molar-refractivity contribution in [1.29, 1.82) is 0 Å². The molecule has 0 amide bonds. The molecule has 0 fully saturated rings. The lowest BCUT2D eigenvalue weighted by atomic mass is 10.0. The number of guanidine groups is 1. The van der Waals surface area contributed by atoms with E-state index in [0.29, 0.717) is 25.7 Å². The van der Waals surface area contributed by atoms with Gasteiger partial charge < -0.3 is 20.5 Å². The summed E-state index contributed by atoms with van der Waals surface area (Å²) >= 11 is 0. The molecule has 1 aromatic carbocycles. The number of halogens is 1. The maximum Gasteiger partial charge on any atom is 0.191 e. The van der Waals surface area contributed by atoms with E-state index in [0.717, 1.165) is 17.7 Å². The zero-order chi connectivity index (χ0) is 18.8. The normalized spacial score (nSPS) is 13.6. The van der Waals surface area contributed by atoms with Crippen LogP contribution >= 0.6 is 24.0 Å². The van der Waals surface area contributed by atoms with E-state index in [1.807, 2.05) is 44.3 Å². The summed E-state index contributed by atoms with van der Waals surface area (Å²) in [6.07, 6.45) is 3.46. The molecule has 0 aliphatic carbocycles. The summed E-state index contributed by atoms with van der Waals surface area (Å²) in [5.41, 5.74) is 0.826. The van der Waals surface area contributed by atoms with Crippen molar-refractivity contribution in [3.05, 3.63) is 53.9 Å². The number of aromatic nitrogens is 2. The van der Waals surface area contributed by atoms with Crippen molar-refractivity contribution in [1.82, 2.24) is 20.4 Å². The van der Waals surface area contributed by atoms with E-state index in [9.17, 15) is 5.11 Å². The van der Waals surface area contributed by atoms with Gasteiger partial charge in [0.2, 0.25) is 0 Å². The van der Waals surface area contributed by atoms with E-state index in [1.165, 1.54) is 0 Å². The minimum absolute atomic E-state index is 0. The highest BCUT2D eigenvalue weighted by Gasteiger charge is 2.24. The molecule has 1 aromatic heterocycles. The molecule has 3 N–H and O–H groups in total. The molecular formula is C19H30IN5O2. The molecule has 0 bridgehead atoms. The smallest absolute Gasteiger partial charge is 0.191 e. The number of aryl methyl sites for hydroxylation is 1. The lowest BCUT2D eigenvalue weighted by molar-refractivity contribution is 0.0671. The van der Waals surface area contributed by atoms with E-state index in [4.69, 9.17) is 4.74 Å². The summed E-state index contributed by atoms with van der Waals surface area (Å²) in [6.45, 7) is 6.50. The highest BCUT2D eigenvalue weighted by Crippen LogP contribution is 2.19. The number of benzene rings is 1. The second-order valence-electron chi connectivity index (χ2n) is 6.34. The third kappa shape index (κ3) is 8.27. The van der Waals surface area contributed by atoms with Gasteiger partial charge in [-0.2, -0.15) is 5.10 Å². The van der Waals surface area contributed by atoms with Crippen LogP contribution in [-0.4, -0.2) is 47.1 Å². The molecule has 27 heavy (non-hydrogen) atoms. The lowest BCUT2D eigenvalue weighted by Gasteiger charge is -2.20. The fourth-order valence-electron chi connectivity index (χ4n) is 2.37. The number of hydrogen-bond acceptors (Lipinski definition) is 4. The minimum atomic E-state index is -1.07. The van der Waals surface area contributed by atoms with Gasteiger partial charge in [-0.25, -0.2) is 4.99 Å². The van der Waals surface area contributed by atoms with E-state index in [1.54, 1.807) is 24.0 Å². The van der Waals surface area contributed by atoms with Gasteiger partial charge in [0.1, 0.15) is 5.60 Å². The molecule has 0 aliphatic heterocycles. The highest BCUT2D eigenvalue weighted by molar-refractivity contribution is 14.0. The van der Waals surface area contributed by atoms with Crippen LogP contribution in [0.25, 0.3) is 0 Å². The van der Waals surface area contributed by atoms with Crippen molar-refractivity contribution in [3.8, 4) is 0 Å². The summed E-state index contributed by atoms with van der Waals surface area (Å²) < 4.78 is 7.33. The lowest BCUT2D eigenvalue weighted by Crippen LogP contribution is -2.40. The van der Waals surface area contributed by atoms with Crippen molar-refractivity contribution in [2.75, 3.05) is 26.2 Å². The summed E-state index contributed by atoms with van der Waals surface area (Å²) in [5.74, 6) is 0.653. The average Bonchev–Trinajstić information content (AvgIpc) is 3.07. The number of aliphatic hydroxyl groups is 1. The number of ether oxygens (including phenoxy) is 1. The Morgan fingerprint density at radius 1 is 1.30 bits per heavy atom.